The molecule has 5 rings (SSSR count). The third kappa shape index (κ3) is 2.84. The molecule has 0 N–H and O–H groups in total. The Kier molecular flexibility index (Phi) is 3.88. The molecule has 0 amide bonds. The quantitative estimate of drug-likeness (QED) is 0.462. The largest absolute Gasteiger partial charge is 0.275 e. The Morgan fingerprint density at radius 2 is 1.76 bits per heavy atom. The average Bonchev–Trinajstić information content (AvgIpc) is 3.34. The zero-order valence-electron chi connectivity index (χ0n) is 16.2. The molecule has 0 radical (unpaired) electrons. The molecule has 0 saturated heterocycles. The second-order valence-electron chi connectivity index (χ2n) is 7.03. The van der Waals surface area contributed by atoms with Crippen molar-refractivity contribution < 1.29 is 0 Å². The predicted molar refractivity (Wildman–Crippen MR) is 113 cm³/mol. The second kappa shape index (κ2) is 6.57. The summed E-state index contributed by atoms with van der Waals surface area (Å²) in [5.74, 6) is 0. The lowest BCUT2D eigenvalue weighted by Crippen LogP contribution is -1.92. The summed E-state index contributed by atoms with van der Waals surface area (Å²) < 4.78 is 3.74. The van der Waals surface area contributed by atoms with Crippen LogP contribution in [-0.4, -0.2) is 24.5 Å². The summed E-state index contributed by atoms with van der Waals surface area (Å²) >= 11 is 0. The van der Waals surface area contributed by atoms with Crippen LogP contribution in [0.25, 0.3) is 44.2 Å². The van der Waals surface area contributed by atoms with Crippen LogP contribution in [0.4, 0.5) is 0 Å². The van der Waals surface area contributed by atoms with E-state index >= 15 is 0 Å². The lowest BCUT2D eigenvalue weighted by molar-refractivity contribution is 0.668. The van der Waals surface area contributed by atoms with Crippen molar-refractivity contribution in [1.82, 2.24) is 24.5 Å². The molecule has 2 aromatic carbocycles. The third-order valence-corrected chi connectivity index (χ3v) is 5.13. The van der Waals surface area contributed by atoms with E-state index in [0.717, 1.165) is 50.7 Å². The Morgan fingerprint density at radius 3 is 2.52 bits per heavy atom. The van der Waals surface area contributed by atoms with Gasteiger partial charge < -0.3 is 0 Å². The van der Waals surface area contributed by atoms with Gasteiger partial charge in [-0.05, 0) is 36.8 Å². The van der Waals surface area contributed by atoms with E-state index in [1.54, 1.807) is 0 Å². The number of hydrogen-bond donors (Lipinski definition) is 0. The van der Waals surface area contributed by atoms with Gasteiger partial charge in [0.25, 0.3) is 0 Å². The van der Waals surface area contributed by atoms with Crippen molar-refractivity contribution in [2.24, 2.45) is 7.05 Å². The van der Waals surface area contributed by atoms with Gasteiger partial charge in [-0.25, -0.2) is 0 Å². The maximum absolute atomic E-state index is 9.16. The van der Waals surface area contributed by atoms with Gasteiger partial charge in [-0.15, -0.1) is 0 Å². The monoisotopic (exact) mass is 378 g/mol. The van der Waals surface area contributed by atoms with Gasteiger partial charge in [-0.1, -0.05) is 18.2 Å². The van der Waals surface area contributed by atoms with Crippen molar-refractivity contribution >= 4 is 21.8 Å². The van der Waals surface area contributed by atoms with Gasteiger partial charge in [-0.2, -0.15) is 15.5 Å². The van der Waals surface area contributed by atoms with Crippen LogP contribution in [0.3, 0.4) is 0 Å². The van der Waals surface area contributed by atoms with Crippen molar-refractivity contribution in [3.8, 4) is 28.5 Å². The standard InChI is InChI=1S/C23H18N6/c1-3-29-14-19-21(27-29)12-25-23(22(19)16-6-4-15(11-24)5-7-16)17-8-9-20-18(10-17)13-28(2)26-20/h4-10,12-14H,3H2,1-2H3. The first-order chi connectivity index (χ1) is 14.2. The van der Waals surface area contributed by atoms with E-state index in [-0.39, 0.29) is 0 Å². The average molecular weight is 378 g/mol. The maximum Gasteiger partial charge on any atom is 0.111 e. The van der Waals surface area contributed by atoms with E-state index in [4.69, 9.17) is 10.2 Å². The lowest BCUT2D eigenvalue weighted by atomic mass is 9.95. The van der Waals surface area contributed by atoms with Gasteiger partial charge in [0.15, 0.2) is 0 Å². The van der Waals surface area contributed by atoms with Crippen LogP contribution in [0.2, 0.25) is 0 Å². The smallest absolute Gasteiger partial charge is 0.111 e. The molecule has 29 heavy (non-hydrogen) atoms. The Bertz CT molecular complexity index is 1400. The van der Waals surface area contributed by atoms with Gasteiger partial charge in [-0.3, -0.25) is 14.3 Å². The molecular weight excluding hydrogens is 360 g/mol. The van der Waals surface area contributed by atoms with E-state index in [2.05, 4.69) is 41.5 Å². The topological polar surface area (TPSA) is 72.3 Å². The van der Waals surface area contributed by atoms with Gasteiger partial charge in [0, 0.05) is 47.9 Å². The number of aromatic nitrogens is 5. The van der Waals surface area contributed by atoms with Crippen molar-refractivity contribution in [3.63, 3.8) is 0 Å². The van der Waals surface area contributed by atoms with Gasteiger partial charge in [0.2, 0.25) is 0 Å². The molecule has 0 spiro atoms. The normalized spacial score (nSPS) is 11.2. The number of benzene rings is 2. The molecule has 0 saturated carbocycles. The molecule has 0 unspecified atom stereocenters. The van der Waals surface area contributed by atoms with E-state index < -0.39 is 0 Å². The highest BCUT2D eigenvalue weighted by atomic mass is 15.3. The van der Waals surface area contributed by atoms with Crippen molar-refractivity contribution in [1.29, 1.82) is 5.26 Å². The van der Waals surface area contributed by atoms with Crippen LogP contribution >= 0.6 is 0 Å². The first-order valence-corrected chi connectivity index (χ1v) is 9.46. The minimum absolute atomic E-state index is 0.636. The van der Waals surface area contributed by atoms with Gasteiger partial charge >= 0.3 is 0 Å². The molecule has 0 atom stereocenters. The number of fused-ring (bicyclic) bond motifs is 2. The Morgan fingerprint density at radius 1 is 0.966 bits per heavy atom. The van der Waals surface area contributed by atoms with Crippen LogP contribution in [-0.2, 0) is 13.6 Å². The number of nitrogens with zero attached hydrogens (tertiary/aromatic N) is 6. The zero-order chi connectivity index (χ0) is 20.0. The molecule has 6 nitrogen and oxygen atoms in total. The molecule has 0 aliphatic rings. The third-order valence-electron chi connectivity index (χ3n) is 5.13. The summed E-state index contributed by atoms with van der Waals surface area (Å²) in [7, 11) is 1.92. The van der Waals surface area contributed by atoms with Gasteiger partial charge in [0.1, 0.15) is 5.52 Å². The number of rotatable bonds is 3. The number of hydrogen-bond acceptors (Lipinski definition) is 4. The molecule has 0 aliphatic heterocycles. The molecule has 0 bridgehead atoms. The molecule has 3 aromatic heterocycles. The fourth-order valence-electron chi connectivity index (χ4n) is 3.72. The minimum atomic E-state index is 0.636. The van der Waals surface area contributed by atoms with Crippen LogP contribution < -0.4 is 0 Å². The fourth-order valence-corrected chi connectivity index (χ4v) is 3.72. The summed E-state index contributed by atoms with van der Waals surface area (Å²) in [5, 5.41) is 20.4. The summed E-state index contributed by atoms with van der Waals surface area (Å²) in [6.07, 6.45) is 5.90. The summed E-state index contributed by atoms with van der Waals surface area (Å²) in [6, 6.07) is 16.0. The first kappa shape index (κ1) is 17.1. The summed E-state index contributed by atoms with van der Waals surface area (Å²) in [4.78, 5) is 4.79. The Hall–Kier alpha value is -3.98. The summed E-state index contributed by atoms with van der Waals surface area (Å²) in [6.45, 7) is 2.86. The van der Waals surface area contributed by atoms with Crippen molar-refractivity contribution in [2.45, 2.75) is 13.5 Å². The molecule has 6 heteroatoms. The number of aryl methyl sites for hydroxylation is 2. The highest BCUT2D eigenvalue weighted by molar-refractivity contribution is 6.01. The van der Waals surface area contributed by atoms with Gasteiger partial charge in [0.05, 0.1) is 29.0 Å². The molecule has 0 fully saturated rings. The number of nitriles is 1. The molecule has 5 aromatic rings. The van der Waals surface area contributed by atoms with Crippen molar-refractivity contribution in [2.75, 3.05) is 0 Å². The molecule has 140 valence electrons. The summed E-state index contributed by atoms with van der Waals surface area (Å²) in [5.41, 5.74) is 6.40. The molecule has 3 heterocycles. The van der Waals surface area contributed by atoms with Crippen LogP contribution in [0.1, 0.15) is 12.5 Å². The van der Waals surface area contributed by atoms with Crippen LogP contribution in [0.5, 0.6) is 0 Å². The fraction of sp³-hybridized carbons (Fsp3) is 0.130. The Balaban J connectivity index is 1.80. The van der Waals surface area contributed by atoms with Crippen LogP contribution in [0, 0.1) is 11.3 Å². The van der Waals surface area contributed by atoms with E-state index in [1.165, 1.54) is 0 Å². The minimum Gasteiger partial charge on any atom is -0.275 e. The highest BCUT2D eigenvalue weighted by Crippen LogP contribution is 2.37. The lowest BCUT2D eigenvalue weighted by Gasteiger charge is -2.11. The predicted octanol–water partition coefficient (Wildman–Crippen LogP) is 4.54. The molecular formula is C23H18N6. The zero-order valence-corrected chi connectivity index (χ0v) is 16.2. The van der Waals surface area contributed by atoms with E-state index in [0.29, 0.717) is 5.56 Å². The highest BCUT2D eigenvalue weighted by Gasteiger charge is 2.16. The van der Waals surface area contributed by atoms with Crippen molar-refractivity contribution in [3.05, 3.63) is 66.6 Å². The molecule has 0 aliphatic carbocycles. The maximum atomic E-state index is 9.16. The Labute approximate surface area is 167 Å². The number of pyridine rings is 1. The second-order valence-corrected chi connectivity index (χ2v) is 7.03. The van der Waals surface area contributed by atoms with Crippen LogP contribution in [0.15, 0.2) is 61.1 Å². The van der Waals surface area contributed by atoms with E-state index in [9.17, 15) is 0 Å². The SMILES string of the molecule is CCn1cc2c(-c3ccc(C#N)cc3)c(-c3ccc4nn(C)cc4c3)ncc2n1. The van der Waals surface area contributed by atoms with E-state index in [1.807, 2.05) is 59.1 Å². The first-order valence-electron chi connectivity index (χ1n) is 9.46.